The number of carboxylic acids is 2. The van der Waals surface area contributed by atoms with E-state index in [4.69, 9.17) is 21.7 Å². The van der Waals surface area contributed by atoms with E-state index < -0.39 is 73.1 Å². The van der Waals surface area contributed by atoms with Crippen LogP contribution < -0.4 is 22.1 Å². The fraction of sp³-hybridized carbons (Fsp3) is 0.600. The zero-order valence-electron chi connectivity index (χ0n) is 14.9. The van der Waals surface area contributed by atoms with Gasteiger partial charge in [-0.3, -0.25) is 24.0 Å². The third kappa shape index (κ3) is 6.83. The molecule has 4 amide bonds. The summed E-state index contributed by atoms with van der Waals surface area (Å²) in [6.07, 6.45) is -0.480. The van der Waals surface area contributed by atoms with E-state index in [1.54, 1.807) is 0 Å². The van der Waals surface area contributed by atoms with Crippen molar-refractivity contribution in [3.63, 3.8) is 0 Å². The Kier molecular flexibility index (Phi) is 8.31. The number of carbonyl (C=O) groups excluding carboxylic acids is 4. The van der Waals surface area contributed by atoms with E-state index in [0.29, 0.717) is 6.42 Å². The number of nitrogens with two attached hydrogens (primary N) is 2. The smallest absolute Gasteiger partial charge is 0.326 e. The van der Waals surface area contributed by atoms with Gasteiger partial charge in [0, 0.05) is 6.54 Å². The van der Waals surface area contributed by atoms with Crippen molar-refractivity contribution in [2.45, 2.75) is 43.8 Å². The van der Waals surface area contributed by atoms with Gasteiger partial charge in [-0.15, -0.1) is 0 Å². The normalized spacial score (nSPS) is 18.0. The average Bonchev–Trinajstić information content (AvgIpc) is 3.07. The monoisotopic (exact) mass is 401 g/mol. The molecule has 0 aromatic rings. The van der Waals surface area contributed by atoms with Crippen LogP contribution >= 0.6 is 0 Å². The summed E-state index contributed by atoms with van der Waals surface area (Å²) in [4.78, 5) is 70.0. The number of likely N-dealkylation sites (tertiary alicyclic amines) is 1. The van der Waals surface area contributed by atoms with E-state index in [1.807, 2.05) is 0 Å². The second-order valence-electron chi connectivity index (χ2n) is 6.24. The molecule has 0 aromatic carbocycles. The molecule has 3 atom stereocenters. The molecule has 13 nitrogen and oxygen atoms in total. The number of hydrogen-bond donors (Lipinski definition) is 6. The van der Waals surface area contributed by atoms with Crippen molar-refractivity contribution in [3.8, 4) is 0 Å². The van der Waals surface area contributed by atoms with E-state index in [-0.39, 0.29) is 13.0 Å². The van der Waals surface area contributed by atoms with Gasteiger partial charge >= 0.3 is 11.9 Å². The first-order valence-corrected chi connectivity index (χ1v) is 8.39. The van der Waals surface area contributed by atoms with Crippen molar-refractivity contribution in [2.75, 3.05) is 13.1 Å². The minimum Gasteiger partial charge on any atom is -0.481 e. The number of carbonyl (C=O) groups is 6. The van der Waals surface area contributed by atoms with Crippen molar-refractivity contribution in [2.24, 2.45) is 11.5 Å². The summed E-state index contributed by atoms with van der Waals surface area (Å²) in [5.74, 6) is -5.86. The second kappa shape index (κ2) is 10.2. The largest absolute Gasteiger partial charge is 0.481 e. The average molecular weight is 401 g/mol. The fourth-order valence-electron chi connectivity index (χ4n) is 2.69. The summed E-state index contributed by atoms with van der Waals surface area (Å²) >= 11 is 0. The van der Waals surface area contributed by atoms with Crippen LogP contribution in [0.3, 0.4) is 0 Å². The Morgan fingerprint density at radius 2 is 1.75 bits per heavy atom. The molecule has 28 heavy (non-hydrogen) atoms. The maximum atomic E-state index is 12.3. The number of primary amides is 1. The molecular weight excluding hydrogens is 378 g/mol. The summed E-state index contributed by atoms with van der Waals surface area (Å²) in [5, 5.41) is 22.1. The van der Waals surface area contributed by atoms with Gasteiger partial charge in [-0.2, -0.15) is 0 Å². The van der Waals surface area contributed by atoms with Gasteiger partial charge in [-0.05, 0) is 12.8 Å². The summed E-state index contributed by atoms with van der Waals surface area (Å²) in [6.45, 7) is -0.274. The molecule has 156 valence electrons. The van der Waals surface area contributed by atoms with E-state index in [0.717, 1.165) is 4.90 Å². The lowest BCUT2D eigenvalue weighted by molar-refractivity contribution is -0.148. The van der Waals surface area contributed by atoms with Crippen LogP contribution in [0.25, 0.3) is 0 Å². The van der Waals surface area contributed by atoms with Crippen LogP contribution in [-0.2, 0) is 28.8 Å². The van der Waals surface area contributed by atoms with E-state index in [2.05, 4.69) is 10.6 Å². The third-order valence-corrected chi connectivity index (χ3v) is 4.04. The molecule has 1 saturated heterocycles. The Hall–Kier alpha value is -3.22. The molecule has 0 radical (unpaired) electrons. The van der Waals surface area contributed by atoms with E-state index >= 15 is 0 Å². The zero-order valence-corrected chi connectivity index (χ0v) is 14.9. The highest BCUT2D eigenvalue weighted by Crippen LogP contribution is 2.17. The Labute approximate surface area is 159 Å². The predicted molar refractivity (Wildman–Crippen MR) is 91.4 cm³/mol. The summed E-state index contributed by atoms with van der Waals surface area (Å²) in [5.41, 5.74) is 10.4. The molecule has 0 bridgehead atoms. The van der Waals surface area contributed by atoms with Crippen molar-refractivity contribution in [1.29, 1.82) is 0 Å². The van der Waals surface area contributed by atoms with Crippen molar-refractivity contribution in [3.05, 3.63) is 0 Å². The van der Waals surface area contributed by atoms with Gasteiger partial charge in [0.25, 0.3) is 0 Å². The highest BCUT2D eigenvalue weighted by atomic mass is 16.4. The van der Waals surface area contributed by atoms with Crippen LogP contribution in [0.5, 0.6) is 0 Å². The minimum absolute atomic E-state index is 0.205. The van der Waals surface area contributed by atoms with Crippen LogP contribution in [0.15, 0.2) is 0 Å². The quantitative estimate of drug-likeness (QED) is 0.212. The molecule has 1 aliphatic heterocycles. The van der Waals surface area contributed by atoms with Gasteiger partial charge < -0.3 is 37.2 Å². The Balaban J connectivity index is 2.65. The number of amides is 4. The van der Waals surface area contributed by atoms with Crippen LogP contribution in [0, 0.1) is 0 Å². The zero-order chi connectivity index (χ0) is 21.4. The standard InChI is InChI=1S/C15H23N5O8/c16-7(4-10(17)21)13(25)18-6-11(22)20-3-1-2-9(20)14(26)19-8(15(27)28)5-12(23)24/h7-9H,1-6,16H2,(H2,17,21)(H,18,25)(H,19,26)(H,23,24)(H,27,28). The topological polar surface area (TPSA) is 222 Å². The number of carboxylic acid groups (broad SMARTS) is 2. The van der Waals surface area contributed by atoms with Gasteiger partial charge in [0.15, 0.2) is 0 Å². The summed E-state index contributed by atoms with van der Waals surface area (Å²) in [6, 6.07) is -3.83. The number of hydrogen-bond acceptors (Lipinski definition) is 7. The molecule has 1 rings (SSSR count). The maximum Gasteiger partial charge on any atom is 0.326 e. The van der Waals surface area contributed by atoms with Gasteiger partial charge in [0.1, 0.15) is 12.1 Å². The second-order valence-corrected chi connectivity index (χ2v) is 6.24. The molecule has 8 N–H and O–H groups in total. The first-order valence-electron chi connectivity index (χ1n) is 8.39. The molecule has 3 unspecified atom stereocenters. The highest BCUT2D eigenvalue weighted by molar-refractivity contribution is 5.94. The molecule has 0 aromatic heterocycles. The van der Waals surface area contributed by atoms with Gasteiger partial charge in [-0.1, -0.05) is 0 Å². The number of aliphatic carboxylic acids is 2. The van der Waals surface area contributed by atoms with E-state index in [9.17, 15) is 28.8 Å². The molecule has 0 spiro atoms. The fourth-order valence-corrected chi connectivity index (χ4v) is 2.69. The van der Waals surface area contributed by atoms with Gasteiger partial charge in [-0.25, -0.2) is 4.79 Å². The lowest BCUT2D eigenvalue weighted by atomic mass is 10.1. The van der Waals surface area contributed by atoms with Crippen molar-refractivity contribution < 1.29 is 39.0 Å². The maximum absolute atomic E-state index is 12.3. The molecule has 1 heterocycles. The lowest BCUT2D eigenvalue weighted by Gasteiger charge is -2.25. The SMILES string of the molecule is NC(=O)CC(N)C(=O)NCC(=O)N1CCCC1C(=O)NC(CC(=O)O)C(=O)O. The van der Waals surface area contributed by atoms with Crippen molar-refractivity contribution >= 4 is 35.6 Å². The molecule has 1 aliphatic rings. The van der Waals surface area contributed by atoms with Crippen LogP contribution in [-0.4, -0.2) is 81.9 Å². The first-order chi connectivity index (χ1) is 13.0. The summed E-state index contributed by atoms with van der Waals surface area (Å²) < 4.78 is 0. The molecule has 1 fully saturated rings. The molecule has 0 aliphatic carbocycles. The number of nitrogens with one attached hydrogen (secondary N) is 2. The van der Waals surface area contributed by atoms with Gasteiger partial charge in [0.05, 0.1) is 25.4 Å². The van der Waals surface area contributed by atoms with Gasteiger partial charge in [0.2, 0.25) is 23.6 Å². The lowest BCUT2D eigenvalue weighted by Crippen LogP contribution is -2.53. The van der Waals surface area contributed by atoms with E-state index in [1.165, 1.54) is 0 Å². The molecule has 13 heteroatoms. The minimum atomic E-state index is -1.63. The van der Waals surface area contributed by atoms with Crippen LogP contribution in [0.1, 0.15) is 25.7 Å². The third-order valence-electron chi connectivity index (χ3n) is 4.04. The number of rotatable bonds is 10. The Morgan fingerprint density at radius 1 is 1.11 bits per heavy atom. The Bertz CT molecular complexity index is 667. The molecule has 0 saturated carbocycles. The summed E-state index contributed by atoms with van der Waals surface area (Å²) in [7, 11) is 0. The molecular formula is C15H23N5O8. The Morgan fingerprint density at radius 3 is 2.29 bits per heavy atom. The highest BCUT2D eigenvalue weighted by Gasteiger charge is 2.36. The predicted octanol–water partition coefficient (Wildman–Crippen LogP) is -3.66. The van der Waals surface area contributed by atoms with Crippen LogP contribution in [0.4, 0.5) is 0 Å². The van der Waals surface area contributed by atoms with Crippen LogP contribution in [0.2, 0.25) is 0 Å². The number of nitrogens with zero attached hydrogens (tertiary/aromatic N) is 1. The first kappa shape index (κ1) is 22.8. The van der Waals surface area contributed by atoms with Crippen molar-refractivity contribution in [1.82, 2.24) is 15.5 Å².